The summed E-state index contributed by atoms with van der Waals surface area (Å²) in [4.78, 5) is 13.9. The van der Waals surface area contributed by atoms with Crippen LogP contribution in [-0.2, 0) is 0 Å². The molecule has 2 N–H and O–H groups in total. The van der Waals surface area contributed by atoms with E-state index in [0.29, 0.717) is 13.1 Å². The van der Waals surface area contributed by atoms with Crippen LogP contribution in [0.4, 0.5) is 0 Å². The van der Waals surface area contributed by atoms with Gasteiger partial charge in [0.15, 0.2) is 0 Å². The maximum absolute atomic E-state index is 12.1. The molecule has 0 atom stereocenters. The molecule has 2 rings (SSSR count). The molecule has 0 saturated carbocycles. The molecule has 3 heteroatoms. The molecule has 1 saturated heterocycles. The van der Waals surface area contributed by atoms with Crippen LogP contribution in [0.15, 0.2) is 18.2 Å². The Bertz CT molecular complexity index is 430. The number of amides is 1. The lowest BCUT2D eigenvalue weighted by Gasteiger charge is -2.45. The van der Waals surface area contributed by atoms with Crippen molar-refractivity contribution in [1.82, 2.24) is 4.90 Å². The van der Waals surface area contributed by atoms with Gasteiger partial charge in [-0.2, -0.15) is 0 Å². The van der Waals surface area contributed by atoms with Gasteiger partial charge in [0.2, 0.25) is 0 Å². The maximum Gasteiger partial charge on any atom is 0.254 e. The Morgan fingerprint density at radius 1 is 1.38 bits per heavy atom. The molecule has 0 radical (unpaired) electrons. The van der Waals surface area contributed by atoms with Crippen molar-refractivity contribution in [2.24, 2.45) is 5.73 Å². The molecule has 1 heterocycles. The summed E-state index contributed by atoms with van der Waals surface area (Å²) in [6.45, 7) is 7.28. The van der Waals surface area contributed by atoms with Crippen molar-refractivity contribution in [3.8, 4) is 0 Å². The molecular formula is C13H18N2O. The SMILES string of the molecule is Cc1ccc(C(=O)N2CC(C)(N)C2)c(C)c1. The van der Waals surface area contributed by atoms with Crippen molar-refractivity contribution in [1.29, 1.82) is 0 Å². The Morgan fingerprint density at radius 3 is 2.50 bits per heavy atom. The number of nitrogens with two attached hydrogens (primary N) is 1. The van der Waals surface area contributed by atoms with Crippen LogP contribution in [0.3, 0.4) is 0 Å². The molecule has 1 fully saturated rings. The summed E-state index contributed by atoms with van der Waals surface area (Å²) < 4.78 is 0. The Balaban J connectivity index is 2.16. The first-order chi connectivity index (χ1) is 7.39. The molecule has 0 unspecified atom stereocenters. The normalized spacial score (nSPS) is 18.1. The van der Waals surface area contributed by atoms with Crippen molar-refractivity contribution in [2.45, 2.75) is 26.3 Å². The fourth-order valence-electron chi connectivity index (χ4n) is 2.19. The van der Waals surface area contributed by atoms with Gasteiger partial charge < -0.3 is 10.6 Å². The first-order valence-corrected chi connectivity index (χ1v) is 5.54. The summed E-state index contributed by atoms with van der Waals surface area (Å²) in [7, 11) is 0. The van der Waals surface area contributed by atoms with Crippen molar-refractivity contribution in [3.63, 3.8) is 0 Å². The lowest BCUT2D eigenvalue weighted by molar-refractivity contribution is 0.0453. The van der Waals surface area contributed by atoms with E-state index >= 15 is 0 Å². The molecule has 0 spiro atoms. The fourth-order valence-corrected chi connectivity index (χ4v) is 2.19. The number of hydrogen-bond donors (Lipinski definition) is 1. The largest absolute Gasteiger partial charge is 0.335 e. The van der Waals surface area contributed by atoms with Crippen molar-refractivity contribution in [3.05, 3.63) is 34.9 Å². The van der Waals surface area contributed by atoms with Crippen molar-refractivity contribution >= 4 is 5.91 Å². The predicted octanol–water partition coefficient (Wildman–Crippen LogP) is 1.48. The molecule has 0 bridgehead atoms. The third kappa shape index (κ3) is 1.95. The number of rotatable bonds is 1. The average molecular weight is 218 g/mol. The van der Waals surface area contributed by atoms with Gasteiger partial charge in [0, 0.05) is 24.2 Å². The van der Waals surface area contributed by atoms with Gasteiger partial charge in [-0.25, -0.2) is 0 Å². The maximum atomic E-state index is 12.1. The summed E-state index contributed by atoms with van der Waals surface area (Å²) in [6, 6.07) is 5.91. The molecule has 1 amide bonds. The average Bonchev–Trinajstić information content (AvgIpc) is 2.13. The second kappa shape index (κ2) is 3.59. The van der Waals surface area contributed by atoms with Gasteiger partial charge in [-0.1, -0.05) is 17.7 Å². The van der Waals surface area contributed by atoms with E-state index < -0.39 is 0 Å². The van der Waals surface area contributed by atoms with E-state index in [0.717, 1.165) is 11.1 Å². The minimum Gasteiger partial charge on any atom is -0.335 e. The van der Waals surface area contributed by atoms with Crippen molar-refractivity contribution in [2.75, 3.05) is 13.1 Å². The molecule has 1 aliphatic rings. The second-order valence-electron chi connectivity index (χ2n) is 5.13. The van der Waals surface area contributed by atoms with E-state index in [4.69, 9.17) is 5.73 Å². The summed E-state index contributed by atoms with van der Waals surface area (Å²) >= 11 is 0. The van der Waals surface area contributed by atoms with E-state index in [1.165, 1.54) is 5.56 Å². The van der Waals surface area contributed by atoms with Crippen molar-refractivity contribution < 1.29 is 4.79 Å². The molecule has 0 aliphatic carbocycles. The van der Waals surface area contributed by atoms with E-state index in [1.807, 2.05) is 39.0 Å². The fraction of sp³-hybridized carbons (Fsp3) is 0.462. The second-order valence-corrected chi connectivity index (χ2v) is 5.13. The number of aryl methyl sites for hydroxylation is 2. The van der Waals surface area contributed by atoms with Gasteiger partial charge in [0.1, 0.15) is 0 Å². The van der Waals surface area contributed by atoms with Gasteiger partial charge in [0.25, 0.3) is 5.91 Å². The molecule has 1 aliphatic heterocycles. The molecule has 0 aromatic heterocycles. The highest BCUT2D eigenvalue weighted by molar-refractivity contribution is 5.96. The highest BCUT2D eigenvalue weighted by Crippen LogP contribution is 2.21. The molecule has 16 heavy (non-hydrogen) atoms. The van der Waals surface area contributed by atoms with Crippen LogP contribution in [0.1, 0.15) is 28.4 Å². The van der Waals surface area contributed by atoms with Crippen LogP contribution in [0, 0.1) is 13.8 Å². The Hall–Kier alpha value is -1.35. The Labute approximate surface area is 96.2 Å². The summed E-state index contributed by atoms with van der Waals surface area (Å²) in [5.74, 6) is 0.0976. The van der Waals surface area contributed by atoms with E-state index in [1.54, 1.807) is 4.90 Å². The lowest BCUT2D eigenvalue weighted by Crippen LogP contribution is -2.66. The van der Waals surface area contributed by atoms with E-state index in [-0.39, 0.29) is 11.4 Å². The van der Waals surface area contributed by atoms with Gasteiger partial charge >= 0.3 is 0 Å². The molecule has 1 aromatic carbocycles. The van der Waals surface area contributed by atoms with Crippen LogP contribution in [0.2, 0.25) is 0 Å². The number of benzene rings is 1. The van der Waals surface area contributed by atoms with E-state index in [2.05, 4.69) is 0 Å². The standard InChI is InChI=1S/C13H18N2O/c1-9-4-5-11(10(2)6-9)12(16)15-7-13(3,14)8-15/h4-6H,7-8,14H2,1-3H3. The van der Waals surface area contributed by atoms with Crippen LogP contribution in [0.5, 0.6) is 0 Å². The number of likely N-dealkylation sites (tertiary alicyclic amines) is 1. The third-order valence-corrected chi connectivity index (χ3v) is 3.00. The number of carbonyl (C=O) groups excluding carboxylic acids is 1. The Morgan fingerprint density at radius 2 is 2.00 bits per heavy atom. The van der Waals surface area contributed by atoms with Crippen LogP contribution >= 0.6 is 0 Å². The quantitative estimate of drug-likeness (QED) is 0.776. The van der Waals surface area contributed by atoms with Gasteiger partial charge in [-0.15, -0.1) is 0 Å². The predicted molar refractivity (Wildman–Crippen MR) is 64.4 cm³/mol. The van der Waals surface area contributed by atoms with Gasteiger partial charge in [-0.3, -0.25) is 4.79 Å². The topological polar surface area (TPSA) is 46.3 Å². The van der Waals surface area contributed by atoms with E-state index in [9.17, 15) is 4.79 Å². The van der Waals surface area contributed by atoms with Crippen LogP contribution in [-0.4, -0.2) is 29.4 Å². The van der Waals surface area contributed by atoms with Gasteiger partial charge in [0.05, 0.1) is 0 Å². The smallest absolute Gasteiger partial charge is 0.254 e. The van der Waals surface area contributed by atoms with Crippen LogP contribution in [0.25, 0.3) is 0 Å². The first kappa shape index (κ1) is 11.1. The van der Waals surface area contributed by atoms with Crippen LogP contribution < -0.4 is 5.73 Å². The third-order valence-electron chi connectivity index (χ3n) is 3.00. The molecular weight excluding hydrogens is 200 g/mol. The highest BCUT2D eigenvalue weighted by Gasteiger charge is 2.38. The minimum absolute atomic E-state index is 0.0976. The monoisotopic (exact) mass is 218 g/mol. The summed E-state index contributed by atoms with van der Waals surface area (Å²) in [5.41, 5.74) is 8.71. The Kier molecular flexibility index (Phi) is 2.50. The number of carbonyl (C=O) groups is 1. The highest BCUT2D eigenvalue weighted by atomic mass is 16.2. The zero-order chi connectivity index (χ0) is 11.9. The number of nitrogens with zero attached hydrogens (tertiary/aromatic N) is 1. The summed E-state index contributed by atoms with van der Waals surface area (Å²) in [6.07, 6.45) is 0. The molecule has 3 nitrogen and oxygen atoms in total. The minimum atomic E-state index is -0.200. The lowest BCUT2D eigenvalue weighted by atomic mass is 9.92. The molecule has 86 valence electrons. The van der Waals surface area contributed by atoms with Gasteiger partial charge in [-0.05, 0) is 32.4 Å². The molecule has 1 aromatic rings. The number of hydrogen-bond acceptors (Lipinski definition) is 2. The zero-order valence-corrected chi connectivity index (χ0v) is 10.1. The first-order valence-electron chi connectivity index (χ1n) is 5.54. The zero-order valence-electron chi connectivity index (χ0n) is 10.1. The summed E-state index contributed by atoms with van der Waals surface area (Å²) in [5, 5.41) is 0.